The predicted molar refractivity (Wildman–Crippen MR) is 93.4 cm³/mol. The molecular formula is C16H19N5OS. The van der Waals surface area contributed by atoms with E-state index in [0.29, 0.717) is 16.6 Å². The standard InChI is InChI=1S/C16H19N5OS/c1-10-8-11(2)19-16(18-10)23-9-15(22)21-20-12(3)13-4-6-14(17)7-5-13/h4-8H,9,17H2,1-3H3,(H,21,22)/b20-12+. The Morgan fingerprint density at radius 2 is 1.83 bits per heavy atom. The second kappa shape index (κ2) is 7.73. The van der Waals surface area contributed by atoms with Gasteiger partial charge in [0.25, 0.3) is 5.91 Å². The number of anilines is 1. The molecular weight excluding hydrogens is 310 g/mol. The van der Waals surface area contributed by atoms with Crippen molar-refractivity contribution in [3.8, 4) is 0 Å². The highest BCUT2D eigenvalue weighted by atomic mass is 32.2. The van der Waals surface area contributed by atoms with E-state index in [1.54, 1.807) is 12.1 Å². The molecule has 0 radical (unpaired) electrons. The first kappa shape index (κ1) is 17.0. The van der Waals surface area contributed by atoms with E-state index in [0.717, 1.165) is 17.0 Å². The number of benzene rings is 1. The van der Waals surface area contributed by atoms with Gasteiger partial charge in [0.05, 0.1) is 11.5 Å². The van der Waals surface area contributed by atoms with E-state index in [9.17, 15) is 4.79 Å². The first-order valence-corrected chi connectivity index (χ1v) is 8.07. The van der Waals surface area contributed by atoms with Crippen LogP contribution in [0.4, 0.5) is 5.69 Å². The Bertz CT molecular complexity index is 708. The molecule has 2 aromatic rings. The lowest BCUT2D eigenvalue weighted by Gasteiger charge is -2.04. The highest BCUT2D eigenvalue weighted by molar-refractivity contribution is 7.99. The number of hydrogen-bond donors (Lipinski definition) is 2. The van der Waals surface area contributed by atoms with Gasteiger partial charge in [-0.15, -0.1) is 0 Å². The molecule has 0 saturated carbocycles. The van der Waals surface area contributed by atoms with Gasteiger partial charge in [-0.2, -0.15) is 5.10 Å². The highest BCUT2D eigenvalue weighted by Gasteiger charge is 2.06. The average molecular weight is 329 g/mol. The molecule has 0 atom stereocenters. The van der Waals surface area contributed by atoms with E-state index in [4.69, 9.17) is 5.73 Å². The Labute approximate surface area is 139 Å². The van der Waals surface area contributed by atoms with Crippen molar-refractivity contribution in [2.24, 2.45) is 5.10 Å². The van der Waals surface area contributed by atoms with Crippen molar-refractivity contribution in [2.75, 3.05) is 11.5 Å². The van der Waals surface area contributed by atoms with E-state index in [2.05, 4.69) is 20.5 Å². The molecule has 0 aliphatic rings. The molecule has 120 valence electrons. The van der Waals surface area contributed by atoms with Crippen LogP contribution in [0.25, 0.3) is 0 Å². The van der Waals surface area contributed by atoms with Gasteiger partial charge in [-0.05, 0) is 44.5 Å². The molecule has 0 aliphatic carbocycles. The van der Waals surface area contributed by atoms with E-state index >= 15 is 0 Å². The van der Waals surface area contributed by atoms with Gasteiger partial charge in [-0.3, -0.25) is 4.79 Å². The lowest BCUT2D eigenvalue weighted by molar-refractivity contribution is -0.118. The summed E-state index contributed by atoms with van der Waals surface area (Å²) in [6.45, 7) is 5.63. The molecule has 1 heterocycles. The molecule has 0 spiro atoms. The lowest BCUT2D eigenvalue weighted by Crippen LogP contribution is -2.21. The Kier molecular flexibility index (Phi) is 5.70. The van der Waals surface area contributed by atoms with Crippen molar-refractivity contribution < 1.29 is 4.79 Å². The SMILES string of the molecule is C/C(=N\NC(=O)CSc1nc(C)cc(C)n1)c1ccc(N)cc1. The topological polar surface area (TPSA) is 93.3 Å². The number of rotatable bonds is 5. The largest absolute Gasteiger partial charge is 0.399 e. The third kappa shape index (κ3) is 5.37. The molecule has 3 N–H and O–H groups in total. The fraction of sp³-hybridized carbons (Fsp3) is 0.250. The van der Waals surface area contributed by atoms with Crippen LogP contribution in [0.3, 0.4) is 0 Å². The molecule has 0 aliphatic heterocycles. The summed E-state index contributed by atoms with van der Waals surface area (Å²) in [6.07, 6.45) is 0. The zero-order chi connectivity index (χ0) is 16.8. The van der Waals surface area contributed by atoms with Gasteiger partial charge in [0.2, 0.25) is 0 Å². The Morgan fingerprint density at radius 1 is 1.22 bits per heavy atom. The third-order valence-corrected chi connectivity index (χ3v) is 3.82. The molecule has 7 heteroatoms. The number of nitrogens with zero attached hydrogens (tertiary/aromatic N) is 3. The number of carbonyl (C=O) groups excluding carboxylic acids is 1. The van der Waals surface area contributed by atoms with Crippen molar-refractivity contribution >= 4 is 29.1 Å². The van der Waals surface area contributed by atoms with E-state index < -0.39 is 0 Å². The van der Waals surface area contributed by atoms with Crippen LogP contribution in [-0.2, 0) is 4.79 Å². The molecule has 23 heavy (non-hydrogen) atoms. The van der Waals surface area contributed by atoms with E-state index in [1.807, 2.05) is 39.0 Å². The molecule has 1 aromatic heterocycles. The minimum atomic E-state index is -0.201. The summed E-state index contributed by atoms with van der Waals surface area (Å²) in [5.41, 5.74) is 12.3. The molecule has 0 fully saturated rings. The number of carbonyl (C=O) groups is 1. The molecule has 0 unspecified atom stereocenters. The zero-order valence-electron chi connectivity index (χ0n) is 13.3. The van der Waals surface area contributed by atoms with Crippen molar-refractivity contribution in [3.05, 3.63) is 47.3 Å². The van der Waals surface area contributed by atoms with Gasteiger partial charge in [0.15, 0.2) is 5.16 Å². The molecule has 0 bridgehead atoms. The number of hydrazone groups is 1. The Hall–Kier alpha value is -2.41. The number of amides is 1. The fourth-order valence-electron chi connectivity index (χ4n) is 1.86. The maximum Gasteiger partial charge on any atom is 0.250 e. The number of nitrogens with two attached hydrogens (primary N) is 1. The maximum absolute atomic E-state index is 11.9. The summed E-state index contributed by atoms with van der Waals surface area (Å²) in [4.78, 5) is 20.4. The highest BCUT2D eigenvalue weighted by Crippen LogP contribution is 2.13. The third-order valence-electron chi connectivity index (χ3n) is 2.97. The Morgan fingerprint density at radius 3 is 2.43 bits per heavy atom. The van der Waals surface area contributed by atoms with Crippen molar-refractivity contribution in [3.63, 3.8) is 0 Å². The molecule has 2 rings (SSSR count). The number of aromatic nitrogens is 2. The average Bonchev–Trinajstić information content (AvgIpc) is 2.50. The number of aryl methyl sites for hydroxylation is 2. The summed E-state index contributed by atoms with van der Waals surface area (Å²) in [6, 6.07) is 9.20. The zero-order valence-corrected chi connectivity index (χ0v) is 14.1. The quantitative estimate of drug-likeness (QED) is 0.289. The summed E-state index contributed by atoms with van der Waals surface area (Å²) in [5.74, 6) is 0.00839. The van der Waals surface area contributed by atoms with Crippen LogP contribution in [0.1, 0.15) is 23.9 Å². The maximum atomic E-state index is 11.9. The van der Waals surface area contributed by atoms with Gasteiger partial charge < -0.3 is 5.73 Å². The fourth-order valence-corrected chi connectivity index (χ4v) is 2.60. The summed E-state index contributed by atoms with van der Waals surface area (Å²) in [7, 11) is 0. The lowest BCUT2D eigenvalue weighted by atomic mass is 10.1. The molecule has 1 aromatic carbocycles. The van der Waals surface area contributed by atoms with Gasteiger partial charge in [-0.1, -0.05) is 23.9 Å². The predicted octanol–water partition coefficient (Wildman–Crippen LogP) is 2.31. The van der Waals surface area contributed by atoms with Crippen LogP contribution in [-0.4, -0.2) is 27.3 Å². The van der Waals surface area contributed by atoms with Crippen LogP contribution >= 0.6 is 11.8 Å². The second-order valence-corrected chi connectivity index (χ2v) is 6.02. The second-order valence-electron chi connectivity index (χ2n) is 5.08. The summed E-state index contributed by atoms with van der Waals surface area (Å²) in [5, 5.41) is 4.69. The van der Waals surface area contributed by atoms with Crippen molar-refractivity contribution in [2.45, 2.75) is 25.9 Å². The van der Waals surface area contributed by atoms with Crippen LogP contribution < -0.4 is 11.2 Å². The van der Waals surface area contributed by atoms with Crippen LogP contribution in [0, 0.1) is 13.8 Å². The first-order chi connectivity index (χ1) is 10.9. The van der Waals surface area contributed by atoms with Gasteiger partial charge in [0, 0.05) is 17.1 Å². The number of nitrogen functional groups attached to an aromatic ring is 1. The minimum absolute atomic E-state index is 0.201. The monoisotopic (exact) mass is 329 g/mol. The van der Waals surface area contributed by atoms with Crippen LogP contribution in [0.5, 0.6) is 0 Å². The van der Waals surface area contributed by atoms with Gasteiger partial charge in [0.1, 0.15) is 0 Å². The van der Waals surface area contributed by atoms with Gasteiger partial charge >= 0.3 is 0 Å². The number of hydrogen-bond acceptors (Lipinski definition) is 6. The van der Waals surface area contributed by atoms with Crippen molar-refractivity contribution in [1.82, 2.24) is 15.4 Å². The number of nitrogens with one attached hydrogen (secondary N) is 1. The van der Waals surface area contributed by atoms with Crippen LogP contribution in [0.2, 0.25) is 0 Å². The summed E-state index contributed by atoms with van der Waals surface area (Å²) < 4.78 is 0. The van der Waals surface area contributed by atoms with Gasteiger partial charge in [-0.25, -0.2) is 15.4 Å². The van der Waals surface area contributed by atoms with E-state index in [-0.39, 0.29) is 11.7 Å². The van der Waals surface area contributed by atoms with Crippen molar-refractivity contribution in [1.29, 1.82) is 0 Å². The smallest absolute Gasteiger partial charge is 0.250 e. The molecule has 1 amide bonds. The first-order valence-electron chi connectivity index (χ1n) is 7.08. The number of thioether (sulfide) groups is 1. The molecule has 6 nitrogen and oxygen atoms in total. The minimum Gasteiger partial charge on any atom is -0.399 e. The Balaban J connectivity index is 1.89. The molecule has 0 saturated heterocycles. The van der Waals surface area contributed by atoms with E-state index in [1.165, 1.54) is 11.8 Å². The van der Waals surface area contributed by atoms with Crippen LogP contribution in [0.15, 0.2) is 40.6 Å². The normalized spacial score (nSPS) is 11.3. The summed E-state index contributed by atoms with van der Waals surface area (Å²) >= 11 is 1.29.